The minimum Gasteiger partial charge on any atom is -0.450 e. The van der Waals surface area contributed by atoms with Crippen molar-refractivity contribution in [3.8, 4) is 0 Å². The van der Waals surface area contributed by atoms with Crippen molar-refractivity contribution in [3.05, 3.63) is 57.5 Å². The lowest BCUT2D eigenvalue weighted by molar-refractivity contribution is -0.119. The van der Waals surface area contributed by atoms with E-state index in [1.165, 1.54) is 6.20 Å². The molecule has 0 aliphatic carbocycles. The summed E-state index contributed by atoms with van der Waals surface area (Å²) in [5, 5.41) is 3.47. The number of amides is 1. The maximum atomic E-state index is 12.2. The molecule has 8 heteroatoms. The second-order valence-corrected chi connectivity index (χ2v) is 6.44. The number of furan rings is 1. The SMILES string of the molecule is Cc1c(C(=O)OCC(=O)Nc2cccnc2Cl)oc2ccc(Br)cc12. The van der Waals surface area contributed by atoms with Gasteiger partial charge in [-0.1, -0.05) is 27.5 Å². The molecule has 0 saturated heterocycles. The number of aryl methyl sites for hydroxylation is 1. The minimum absolute atomic E-state index is 0.0697. The number of ether oxygens (including phenoxy) is 1. The third kappa shape index (κ3) is 3.83. The molecular formula is C17H12BrClN2O4. The predicted octanol–water partition coefficient (Wildman–Crippen LogP) is 4.35. The van der Waals surface area contributed by atoms with Crippen LogP contribution >= 0.6 is 27.5 Å². The summed E-state index contributed by atoms with van der Waals surface area (Å²) in [5.41, 5.74) is 1.56. The molecule has 0 spiro atoms. The Balaban J connectivity index is 1.67. The molecule has 25 heavy (non-hydrogen) atoms. The summed E-state index contributed by atoms with van der Waals surface area (Å²) in [7, 11) is 0. The number of halogens is 2. The zero-order valence-electron chi connectivity index (χ0n) is 13.0. The number of nitrogens with zero attached hydrogens (tertiary/aromatic N) is 1. The Morgan fingerprint density at radius 2 is 2.16 bits per heavy atom. The molecule has 0 unspecified atom stereocenters. The summed E-state index contributed by atoms with van der Waals surface area (Å²) >= 11 is 9.23. The monoisotopic (exact) mass is 422 g/mol. The van der Waals surface area contributed by atoms with Gasteiger partial charge in [-0.3, -0.25) is 4.79 Å². The van der Waals surface area contributed by atoms with Crippen LogP contribution in [-0.2, 0) is 9.53 Å². The van der Waals surface area contributed by atoms with Gasteiger partial charge in [0.1, 0.15) is 5.58 Å². The lowest BCUT2D eigenvalue weighted by Crippen LogP contribution is -2.21. The molecule has 1 aromatic carbocycles. The second kappa shape index (κ2) is 7.25. The van der Waals surface area contributed by atoms with E-state index in [2.05, 4.69) is 26.2 Å². The summed E-state index contributed by atoms with van der Waals surface area (Å²) < 4.78 is 11.4. The maximum Gasteiger partial charge on any atom is 0.375 e. The number of rotatable bonds is 4. The van der Waals surface area contributed by atoms with Crippen LogP contribution in [0.3, 0.4) is 0 Å². The first-order valence-electron chi connectivity index (χ1n) is 7.22. The summed E-state index contributed by atoms with van der Waals surface area (Å²) in [6.07, 6.45) is 1.50. The van der Waals surface area contributed by atoms with Crippen molar-refractivity contribution in [2.24, 2.45) is 0 Å². The number of hydrogen-bond donors (Lipinski definition) is 1. The van der Waals surface area contributed by atoms with Crippen LogP contribution < -0.4 is 5.32 Å². The van der Waals surface area contributed by atoms with Crippen molar-refractivity contribution in [2.45, 2.75) is 6.92 Å². The fourth-order valence-electron chi connectivity index (χ4n) is 2.25. The normalized spacial score (nSPS) is 10.7. The van der Waals surface area contributed by atoms with Gasteiger partial charge in [-0.05, 0) is 37.3 Å². The van der Waals surface area contributed by atoms with Crippen molar-refractivity contribution < 1.29 is 18.7 Å². The van der Waals surface area contributed by atoms with Gasteiger partial charge in [0.25, 0.3) is 5.91 Å². The Kier molecular flexibility index (Phi) is 5.06. The van der Waals surface area contributed by atoms with Crippen LogP contribution in [-0.4, -0.2) is 23.5 Å². The Bertz CT molecular complexity index is 970. The number of pyridine rings is 1. The highest BCUT2D eigenvalue weighted by molar-refractivity contribution is 9.10. The Hall–Kier alpha value is -2.38. The summed E-state index contributed by atoms with van der Waals surface area (Å²) in [6.45, 7) is 1.29. The van der Waals surface area contributed by atoms with E-state index in [0.717, 1.165) is 9.86 Å². The van der Waals surface area contributed by atoms with Gasteiger partial charge in [0.2, 0.25) is 5.76 Å². The van der Waals surface area contributed by atoms with Crippen LogP contribution in [0, 0.1) is 6.92 Å². The van der Waals surface area contributed by atoms with Gasteiger partial charge in [0.05, 0.1) is 5.69 Å². The van der Waals surface area contributed by atoms with Gasteiger partial charge in [-0.2, -0.15) is 0 Å². The van der Waals surface area contributed by atoms with Gasteiger partial charge in [0.15, 0.2) is 11.8 Å². The number of carbonyl (C=O) groups excluding carboxylic acids is 2. The lowest BCUT2D eigenvalue weighted by atomic mass is 10.1. The Morgan fingerprint density at radius 3 is 2.92 bits per heavy atom. The van der Waals surface area contributed by atoms with Crippen molar-refractivity contribution in [1.82, 2.24) is 4.98 Å². The van der Waals surface area contributed by atoms with Crippen molar-refractivity contribution in [1.29, 1.82) is 0 Å². The largest absolute Gasteiger partial charge is 0.450 e. The standard InChI is InChI=1S/C17H12BrClN2O4/c1-9-11-7-10(18)4-5-13(11)25-15(9)17(23)24-8-14(22)21-12-3-2-6-20-16(12)19/h2-7H,8H2,1H3,(H,21,22). The molecule has 0 saturated carbocycles. The molecule has 128 valence electrons. The Labute approximate surface area is 156 Å². The molecule has 3 rings (SSSR count). The summed E-state index contributed by atoms with van der Waals surface area (Å²) in [5.74, 6) is -1.17. The van der Waals surface area contributed by atoms with E-state index >= 15 is 0 Å². The number of fused-ring (bicyclic) bond motifs is 1. The molecule has 2 aromatic heterocycles. The molecule has 0 radical (unpaired) electrons. The number of nitrogens with one attached hydrogen (secondary N) is 1. The van der Waals surface area contributed by atoms with E-state index < -0.39 is 18.5 Å². The molecule has 3 aromatic rings. The van der Waals surface area contributed by atoms with Gasteiger partial charge in [-0.15, -0.1) is 0 Å². The first-order chi connectivity index (χ1) is 12.0. The molecule has 0 aliphatic rings. The first-order valence-corrected chi connectivity index (χ1v) is 8.39. The van der Waals surface area contributed by atoms with Crippen LogP contribution in [0.5, 0.6) is 0 Å². The van der Waals surface area contributed by atoms with Crippen LogP contribution in [0.1, 0.15) is 16.1 Å². The van der Waals surface area contributed by atoms with E-state index in [1.54, 1.807) is 25.1 Å². The summed E-state index contributed by atoms with van der Waals surface area (Å²) in [4.78, 5) is 27.9. The highest BCUT2D eigenvalue weighted by atomic mass is 79.9. The molecule has 6 nitrogen and oxygen atoms in total. The van der Waals surface area contributed by atoms with E-state index in [1.807, 2.05) is 12.1 Å². The number of aromatic nitrogens is 1. The number of carbonyl (C=O) groups is 2. The number of benzene rings is 1. The van der Waals surface area contributed by atoms with Crippen molar-refractivity contribution >= 4 is 56.1 Å². The number of anilines is 1. The van der Waals surface area contributed by atoms with Gasteiger partial charge in [-0.25, -0.2) is 9.78 Å². The molecule has 2 heterocycles. The molecule has 0 bridgehead atoms. The fraction of sp³-hybridized carbons (Fsp3) is 0.118. The van der Waals surface area contributed by atoms with E-state index in [9.17, 15) is 9.59 Å². The molecule has 0 atom stereocenters. The highest BCUT2D eigenvalue weighted by Gasteiger charge is 2.20. The summed E-state index contributed by atoms with van der Waals surface area (Å²) in [6, 6.07) is 8.63. The van der Waals surface area contributed by atoms with Gasteiger partial charge >= 0.3 is 5.97 Å². The average molecular weight is 424 g/mol. The van der Waals surface area contributed by atoms with Crippen LogP contribution in [0.2, 0.25) is 5.15 Å². The third-order valence-corrected chi connectivity index (χ3v) is 4.25. The number of hydrogen-bond acceptors (Lipinski definition) is 5. The fourth-order valence-corrected chi connectivity index (χ4v) is 2.78. The zero-order chi connectivity index (χ0) is 18.0. The molecule has 1 amide bonds. The van der Waals surface area contributed by atoms with Crippen LogP contribution in [0.4, 0.5) is 5.69 Å². The minimum atomic E-state index is -0.711. The topological polar surface area (TPSA) is 81.4 Å². The molecule has 0 fully saturated rings. The van der Waals surface area contributed by atoms with Crippen molar-refractivity contribution in [3.63, 3.8) is 0 Å². The lowest BCUT2D eigenvalue weighted by Gasteiger charge is -2.06. The van der Waals surface area contributed by atoms with Crippen molar-refractivity contribution in [2.75, 3.05) is 11.9 Å². The van der Waals surface area contributed by atoms with Gasteiger partial charge in [0, 0.05) is 21.6 Å². The quantitative estimate of drug-likeness (QED) is 0.498. The molecule has 0 aliphatic heterocycles. The van der Waals surface area contributed by atoms with Crippen LogP contribution in [0.25, 0.3) is 11.0 Å². The Morgan fingerprint density at radius 1 is 1.36 bits per heavy atom. The maximum absolute atomic E-state index is 12.2. The van der Waals surface area contributed by atoms with Gasteiger partial charge < -0.3 is 14.5 Å². The second-order valence-electron chi connectivity index (χ2n) is 5.16. The number of esters is 1. The average Bonchev–Trinajstić information content (AvgIpc) is 2.91. The van der Waals surface area contributed by atoms with E-state index in [-0.39, 0.29) is 10.9 Å². The third-order valence-electron chi connectivity index (χ3n) is 3.45. The van der Waals surface area contributed by atoms with E-state index in [4.69, 9.17) is 20.8 Å². The highest BCUT2D eigenvalue weighted by Crippen LogP contribution is 2.28. The zero-order valence-corrected chi connectivity index (χ0v) is 15.3. The van der Waals surface area contributed by atoms with Crippen LogP contribution in [0.15, 0.2) is 45.4 Å². The molecule has 1 N–H and O–H groups in total. The van der Waals surface area contributed by atoms with E-state index in [0.29, 0.717) is 16.8 Å². The molecular weight excluding hydrogens is 412 g/mol. The smallest absolute Gasteiger partial charge is 0.375 e. The first kappa shape index (κ1) is 17.4. The predicted molar refractivity (Wildman–Crippen MR) is 96.8 cm³/mol.